The molecular weight excluding hydrogens is 274 g/mol. The fourth-order valence-electron chi connectivity index (χ4n) is 1.40. The maximum absolute atomic E-state index is 11.4. The lowest BCUT2D eigenvalue weighted by molar-refractivity contribution is -0.137. The molecule has 8 heteroatoms. The van der Waals surface area contributed by atoms with Crippen LogP contribution in [0.15, 0.2) is 12.2 Å². The highest BCUT2D eigenvalue weighted by molar-refractivity contribution is 6.13. The fourth-order valence-corrected chi connectivity index (χ4v) is 1.40. The minimum absolute atomic E-state index is 0. The quantitative estimate of drug-likeness (QED) is 0.433. The Morgan fingerprint density at radius 1 is 1.26 bits per heavy atom. The van der Waals surface area contributed by atoms with Crippen molar-refractivity contribution in [3.63, 3.8) is 0 Å². The minimum atomic E-state index is -0.376. The third kappa shape index (κ3) is 6.32. The zero-order valence-electron chi connectivity index (χ0n) is 10.5. The monoisotopic (exact) mass is 291 g/mol. The topological polar surface area (TPSA) is 102 Å². The Hall–Kier alpha value is -1.44. The van der Waals surface area contributed by atoms with Gasteiger partial charge in [-0.25, -0.2) is 0 Å². The molecule has 19 heavy (non-hydrogen) atoms. The molecule has 0 aromatic heterocycles. The Balaban J connectivity index is 0.00000324. The van der Waals surface area contributed by atoms with Gasteiger partial charge in [0.15, 0.2) is 0 Å². The summed E-state index contributed by atoms with van der Waals surface area (Å²) in [6.45, 7) is 1.78. The number of carbonyl (C=O) groups excluding carboxylic acids is 3. The molecule has 3 N–H and O–H groups in total. The maximum Gasteiger partial charge on any atom is 0.253 e. The second-order valence-corrected chi connectivity index (χ2v) is 3.66. The van der Waals surface area contributed by atoms with Crippen LogP contribution in [0.25, 0.3) is 0 Å². The van der Waals surface area contributed by atoms with E-state index in [4.69, 9.17) is 10.5 Å². The normalized spacial score (nSPS) is 13.6. The number of hydrogen-bond donors (Lipinski definition) is 2. The standard InChI is InChI=1S/C11H17N3O4.ClH/c12-4-7-18-8-5-13-9(15)3-6-14-10(16)1-2-11(14)17;/h1-2H,3-8,12H2,(H,13,15);1H. The zero-order valence-corrected chi connectivity index (χ0v) is 11.3. The van der Waals surface area contributed by atoms with Gasteiger partial charge in [-0.2, -0.15) is 0 Å². The van der Waals surface area contributed by atoms with E-state index in [9.17, 15) is 14.4 Å². The highest BCUT2D eigenvalue weighted by Crippen LogP contribution is 2.03. The molecule has 0 aromatic carbocycles. The number of halogens is 1. The van der Waals surface area contributed by atoms with Crippen LogP contribution in [0.1, 0.15) is 6.42 Å². The van der Waals surface area contributed by atoms with Gasteiger partial charge in [0.1, 0.15) is 0 Å². The maximum atomic E-state index is 11.4. The van der Waals surface area contributed by atoms with Crippen LogP contribution >= 0.6 is 12.4 Å². The van der Waals surface area contributed by atoms with Crippen LogP contribution in [-0.2, 0) is 19.1 Å². The molecule has 7 nitrogen and oxygen atoms in total. The van der Waals surface area contributed by atoms with E-state index >= 15 is 0 Å². The van der Waals surface area contributed by atoms with Crippen LogP contribution in [0.3, 0.4) is 0 Å². The summed E-state index contributed by atoms with van der Waals surface area (Å²) >= 11 is 0. The number of ether oxygens (including phenoxy) is 1. The highest BCUT2D eigenvalue weighted by atomic mass is 35.5. The zero-order chi connectivity index (χ0) is 13.4. The number of nitrogens with two attached hydrogens (primary N) is 1. The van der Waals surface area contributed by atoms with Gasteiger partial charge in [0.2, 0.25) is 5.91 Å². The lowest BCUT2D eigenvalue weighted by atomic mass is 10.3. The third-order valence-electron chi connectivity index (χ3n) is 2.29. The Bertz CT molecular complexity index is 342. The van der Waals surface area contributed by atoms with Crippen LogP contribution in [0, 0.1) is 0 Å². The van der Waals surface area contributed by atoms with Crippen molar-refractivity contribution >= 4 is 30.1 Å². The Morgan fingerprint density at radius 3 is 2.47 bits per heavy atom. The molecule has 0 aromatic rings. The lowest BCUT2D eigenvalue weighted by Crippen LogP contribution is -2.35. The summed E-state index contributed by atoms with van der Waals surface area (Å²) in [4.78, 5) is 34.8. The molecule has 0 atom stereocenters. The SMILES string of the molecule is Cl.NCCOCCNC(=O)CCN1C(=O)C=CC1=O. The van der Waals surface area contributed by atoms with Crippen LogP contribution in [0.2, 0.25) is 0 Å². The van der Waals surface area contributed by atoms with E-state index in [0.29, 0.717) is 26.3 Å². The molecular formula is C11H18ClN3O4. The molecule has 0 fully saturated rings. The first-order chi connectivity index (χ1) is 8.65. The van der Waals surface area contributed by atoms with Gasteiger partial charge in [-0.3, -0.25) is 19.3 Å². The Morgan fingerprint density at radius 2 is 1.89 bits per heavy atom. The molecule has 1 aliphatic heterocycles. The predicted molar refractivity (Wildman–Crippen MR) is 70.6 cm³/mol. The number of nitrogens with zero attached hydrogens (tertiary/aromatic N) is 1. The summed E-state index contributed by atoms with van der Waals surface area (Å²) in [6.07, 6.45) is 2.48. The van der Waals surface area contributed by atoms with E-state index in [1.54, 1.807) is 0 Å². The Kier molecular flexibility index (Phi) is 8.77. The van der Waals surface area contributed by atoms with Gasteiger partial charge in [-0.05, 0) is 0 Å². The van der Waals surface area contributed by atoms with Crippen molar-refractivity contribution in [1.29, 1.82) is 0 Å². The van der Waals surface area contributed by atoms with E-state index in [1.807, 2.05) is 0 Å². The predicted octanol–water partition coefficient (Wildman–Crippen LogP) is -1.19. The van der Waals surface area contributed by atoms with Gasteiger partial charge in [-0.1, -0.05) is 0 Å². The van der Waals surface area contributed by atoms with Gasteiger partial charge in [-0.15, -0.1) is 12.4 Å². The van der Waals surface area contributed by atoms with Crippen LogP contribution in [0.4, 0.5) is 0 Å². The van der Waals surface area contributed by atoms with Crippen molar-refractivity contribution in [3.05, 3.63) is 12.2 Å². The molecule has 108 valence electrons. The van der Waals surface area contributed by atoms with Gasteiger partial charge < -0.3 is 15.8 Å². The average molecular weight is 292 g/mol. The van der Waals surface area contributed by atoms with E-state index < -0.39 is 0 Å². The van der Waals surface area contributed by atoms with E-state index in [1.165, 1.54) is 12.2 Å². The molecule has 1 heterocycles. The summed E-state index contributed by atoms with van der Waals surface area (Å²) in [6, 6.07) is 0. The molecule has 0 unspecified atom stereocenters. The van der Waals surface area contributed by atoms with Crippen LogP contribution in [0.5, 0.6) is 0 Å². The molecule has 0 saturated heterocycles. The first-order valence-electron chi connectivity index (χ1n) is 5.73. The summed E-state index contributed by atoms with van der Waals surface area (Å²) in [5.74, 6) is -0.975. The molecule has 0 bridgehead atoms. The molecule has 0 aliphatic carbocycles. The van der Waals surface area contributed by atoms with Crippen LogP contribution in [-0.4, -0.2) is 55.5 Å². The summed E-state index contributed by atoms with van der Waals surface area (Å²) in [5.41, 5.74) is 5.23. The third-order valence-corrected chi connectivity index (χ3v) is 2.29. The number of nitrogens with one attached hydrogen (secondary N) is 1. The summed E-state index contributed by atoms with van der Waals surface area (Å²) in [7, 11) is 0. The van der Waals surface area contributed by atoms with Crippen molar-refractivity contribution in [2.24, 2.45) is 5.73 Å². The summed E-state index contributed by atoms with van der Waals surface area (Å²) < 4.78 is 5.08. The number of rotatable bonds is 8. The van der Waals surface area contributed by atoms with E-state index in [2.05, 4.69) is 5.32 Å². The molecule has 1 rings (SSSR count). The van der Waals surface area contributed by atoms with Crippen molar-refractivity contribution < 1.29 is 19.1 Å². The van der Waals surface area contributed by atoms with Gasteiger partial charge in [0, 0.05) is 38.2 Å². The molecule has 0 spiro atoms. The Labute approximate surface area is 117 Å². The van der Waals surface area contributed by atoms with E-state index in [-0.39, 0.29) is 43.1 Å². The van der Waals surface area contributed by atoms with Gasteiger partial charge in [0.05, 0.1) is 13.2 Å². The molecule has 3 amide bonds. The van der Waals surface area contributed by atoms with Gasteiger partial charge >= 0.3 is 0 Å². The first-order valence-corrected chi connectivity index (χ1v) is 5.73. The molecule has 0 radical (unpaired) electrons. The highest BCUT2D eigenvalue weighted by Gasteiger charge is 2.23. The average Bonchev–Trinajstić information content (AvgIpc) is 2.66. The smallest absolute Gasteiger partial charge is 0.253 e. The van der Waals surface area contributed by atoms with Crippen molar-refractivity contribution in [2.75, 3.05) is 32.8 Å². The van der Waals surface area contributed by atoms with Crippen LogP contribution < -0.4 is 11.1 Å². The van der Waals surface area contributed by atoms with Crippen molar-refractivity contribution in [1.82, 2.24) is 10.2 Å². The van der Waals surface area contributed by atoms with Crippen molar-refractivity contribution in [2.45, 2.75) is 6.42 Å². The van der Waals surface area contributed by atoms with E-state index in [0.717, 1.165) is 4.90 Å². The molecule has 1 aliphatic rings. The number of carbonyl (C=O) groups is 3. The van der Waals surface area contributed by atoms with Crippen molar-refractivity contribution in [3.8, 4) is 0 Å². The number of hydrogen-bond acceptors (Lipinski definition) is 5. The largest absolute Gasteiger partial charge is 0.378 e. The second kappa shape index (κ2) is 9.48. The minimum Gasteiger partial charge on any atom is -0.378 e. The fraction of sp³-hybridized carbons (Fsp3) is 0.545. The lowest BCUT2D eigenvalue weighted by Gasteiger charge is -2.13. The molecule has 0 saturated carbocycles. The number of amides is 3. The first kappa shape index (κ1) is 17.6. The summed E-state index contributed by atoms with van der Waals surface area (Å²) in [5, 5.41) is 2.62. The second-order valence-electron chi connectivity index (χ2n) is 3.66. The number of imide groups is 1. The van der Waals surface area contributed by atoms with Gasteiger partial charge in [0.25, 0.3) is 11.8 Å².